The van der Waals surface area contributed by atoms with Gasteiger partial charge in [0, 0.05) is 0 Å². The SMILES string of the molecule is CC(C)CCO[P+](=O)C(O)CBr. The summed E-state index contributed by atoms with van der Waals surface area (Å²) in [6.07, 6.45) is 0.871. The van der Waals surface area contributed by atoms with Gasteiger partial charge in [0.1, 0.15) is 6.61 Å². The van der Waals surface area contributed by atoms with Gasteiger partial charge >= 0.3 is 8.03 Å². The molecule has 0 aliphatic carbocycles. The van der Waals surface area contributed by atoms with Crippen molar-refractivity contribution in [3.8, 4) is 0 Å². The molecule has 0 saturated heterocycles. The van der Waals surface area contributed by atoms with Crippen molar-refractivity contribution in [3.63, 3.8) is 0 Å². The Hall–Kier alpha value is 0.500. The van der Waals surface area contributed by atoms with Crippen LogP contribution in [0, 0.1) is 5.92 Å². The number of hydrogen-bond donors (Lipinski definition) is 1. The molecule has 5 heteroatoms. The quantitative estimate of drug-likeness (QED) is 0.588. The molecule has 0 rings (SSSR count). The molecule has 0 spiro atoms. The molecule has 12 heavy (non-hydrogen) atoms. The number of halogens is 1. The highest BCUT2D eigenvalue weighted by atomic mass is 79.9. The van der Waals surface area contributed by atoms with Crippen molar-refractivity contribution in [2.45, 2.75) is 26.1 Å². The molecule has 72 valence electrons. The largest absolute Gasteiger partial charge is 0.541 e. The molecule has 0 radical (unpaired) electrons. The van der Waals surface area contributed by atoms with Crippen LogP contribution >= 0.6 is 24.0 Å². The number of rotatable bonds is 6. The van der Waals surface area contributed by atoms with E-state index in [9.17, 15) is 4.57 Å². The molecular formula is C7H15BrO3P+. The van der Waals surface area contributed by atoms with E-state index >= 15 is 0 Å². The topological polar surface area (TPSA) is 46.5 Å². The van der Waals surface area contributed by atoms with E-state index in [4.69, 9.17) is 9.63 Å². The van der Waals surface area contributed by atoms with Crippen molar-refractivity contribution in [1.82, 2.24) is 0 Å². The van der Waals surface area contributed by atoms with Crippen LogP contribution in [0.5, 0.6) is 0 Å². The van der Waals surface area contributed by atoms with Gasteiger partial charge in [0.2, 0.25) is 0 Å². The first-order valence-corrected chi connectivity index (χ1v) is 6.28. The van der Waals surface area contributed by atoms with Crippen molar-refractivity contribution < 1.29 is 14.2 Å². The molecular weight excluding hydrogens is 243 g/mol. The van der Waals surface area contributed by atoms with E-state index in [1.165, 1.54) is 0 Å². The molecule has 0 fully saturated rings. The Morgan fingerprint density at radius 1 is 1.58 bits per heavy atom. The third-order valence-corrected chi connectivity index (χ3v) is 3.52. The first-order chi connectivity index (χ1) is 5.57. The Morgan fingerprint density at radius 3 is 2.58 bits per heavy atom. The van der Waals surface area contributed by atoms with Gasteiger partial charge in [-0.15, -0.1) is 4.52 Å². The van der Waals surface area contributed by atoms with Crippen LogP contribution in [0.3, 0.4) is 0 Å². The van der Waals surface area contributed by atoms with Crippen molar-refractivity contribution in [1.29, 1.82) is 0 Å². The van der Waals surface area contributed by atoms with Crippen LogP contribution in [0.25, 0.3) is 0 Å². The zero-order valence-corrected chi connectivity index (χ0v) is 9.85. The molecule has 3 nitrogen and oxygen atoms in total. The maximum absolute atomic E-state index is 11.0. The van der Waals surface area contributed by atoms with Crippen LogP contribution in [0.1, 0.15) is 20.3 Å². The summed E-state index contributed by atoms with van der Waals surface area (Å²) in [5.74, 6) is -0.346. The zero-order chi connectivity index (χ0) is 9.56. The van der Waals surface area contributed by atoms with Gasteiger partial charge in [-0.25, -0.2) is 0 Å². The van der Waals surface area contributed by atoms with E-state index in [2.05, 4.69) is 29.8 Å². The first kappa shape index (κ1) is 12.5. The highest BCUT2D eigenvalue weighted by Gasteiger charge is 2.28. The summed E-state index contributed by atoms with van der Waals surface area (Å²) in [7, 11) is -1.91. The second-order valence-electron chi connectivity index (χ2n) is 2.94. The monoisotopic (exact) mass is 257 g/mol. The third kappa shape index (κ3) is 6.06. The van der Waals surface area contributed by atoms with Crippen molar-refractivity contribution in [3.05, 3.63) is 0 Å². The normalized spacial score (nSPS) is 14.9. The van der Waals surface area contributed by atoms with Crippen LogP contribution in [0.2, 0.25) is 0 Å². The molecule has 0 aliphatic rings. The second kappa shape index (κ2) is 6.96. The van der Waals surface area contributed by atoms with Gasteiger partial charge < -0.3 is 5.11 Å². The molecule has 0 amide bonds. The lowest BCUT2D eigenvalue weighted by Gasteiger charge is -1.99. The molecule has 0 saturated carbocycles. The summed E-state index contributed by atoms with van der Waals surface area (Å²) in [6, 6.07) is 0. The number of aliphatic hydroxyl groups excluding tert-OH is 1. The molecule has 2 atom stereocenters. The molecule has 0 aliphatic heterocycles. The summed E-state index contributed by atoms with van der Waals surface area (Å²) < 4.78 is 15.9. The van der Waals surface area contributed by atoms with E-state index in [1.54, 1.807) is 0 Å². The third-order valence-electron chi connectivity index (χ3n) is 1.30. The summed E-state index contributed by atoms with van der Waals surface area (Å²) >= 11 is 3.02. The molecule has 2 unspecified atom stereocenters. The minimum Gasteiger partial charge on any atom is -0.348 e. The van der Waals surface area contributed by atoms with E-state index in [0.717, 1.165) is 6.42 Å². The average Bonchev–Trinajstić information content (AvgIpc) is 2.02. The van der Waals surface area contributed by atoms with Gasteiger partial charge in [0.25, 0.3) is 5.85 Å². The predicted octanol–water partition coefficient (Wildman–Crippen LogP) is 2.50. The Labute approximate surface area is 82.5 Å². The fraction of sp³-hybridized carbons (Fsp3) is 1.00. The van der Waals surface area contributed by atoms with Crippen molar-refractivity contribution in [2.75, 3.05) is 11.9 Å². The Kier molecular flexibility index (Phi) is 7.25. The van der Waals surface area contributed by atoms with E-state index < -0.39 is 13.9 Å². The number of aliphatic hydroxyl groups is 1. The van der Waals surface area contributed by atoms with E-state index in [0.29, 0.717) is 17.9 Å². The lowest BCUT2D eigenvalue weighted by molar-refractivity contribution is 0.230. The van der Waals surface area contributed by atoms with E-state index in [-0.39, 0.29) is 0 Å². The molecule has 0 aromatic carbocycles. The molecule has 1 N–H and O–H groups in total. The van der Waals surface area contributed by atoms with Crippen LogP contribution in [0.15, 0.2) is 0 Å². The van der Waals surface area contributed by atoms with Gasteiger partial charge in [-0.1, -0.05) is 29.8 Å². The van der Waals surface area contributed by atoms with Gasteiger partial charge in [0.05, 0.1) is 5.33 Å². The van der Waals surface area contributed by atoms with Crippen LogP contribution < -0.4 is 0 Å². The lowest BCUT2D eigenvalue weighted by atomic mass is 10.2. The maximum Gasteiger partial charge on any atom is 0.541 e. The average molecular weight is 258 g/mol. The maximum atomic E-state index is 11.0. The minimum atomic E-state index is -1.91. The van der Waals surface area contributed by atoms with Gasteiger partial charge in [-0.3, -0.25) is 0 Å². The van der Waals surface area contributed by atoms with Crippen LogP contribution in [-0.2, 0) is 9.09 Å². The van der Waals surface area contributed by atoms with Gasteiger partial charge in [-0.2, -0.15) is 0 Å². The van der Waals surface area contributed by atoms with Crippen LogP contribution in [0.4, 0.5) is 0 Å². The summed E-state index contributed by atoms with van der Waals surface area (Å²) in [6.45, 7) is 4.59. The molecule has 0 heterocycles. The number of alkyl halides is 1. The minimum absolute atomic E-state index is 0.296. The van der Waals surface area contributed by atoms with Crippen LogP contribution in [-0.4, -0.2) is 22.9 Å². The standard InChI is InChI=1S/C7H15BrO3P/c1-6(2)3-4-11-12(10)7(9)5-8/h6-7,9H,3-5H2,1-2H3/q+1. The molecule has 0 aromatic rings. The second-order valence-corrected chi connectivity index (χ2v) is 5.01. The number of hydrogen-bond acceptors (Lipinski definition) is 3. The fourth-order valence-corrected chi connectivity index (χ4v) is 1.80. The van der Waals surface area contributed by atoms with E-state index in [1.807, 2.05) is 0 Å². The predicted molar refractivity (Wildman–Crippen MR) is 52.8 cm³/mol. The highest BCUT2D eigenvalue weighted by Crippen LogP contribution is 2.29. The summed E-state index contributed by atoms with van der Waals surface area (Å²) in [5.41, 5.74) is 0. The Balaban J connectivity index is 3.44. The highest BCUT2D eigenvalue weighted by molar-refractivity contribution is 9.09. The Morgan fingerprint density at radius 2 is 2.17 bits per heavy atom. The lowest BCUT2D eigenvalue weighted by Crippen LogP contribution is -2.04. The summed E-state index contributed by atoms with van der Waals surface area (Å²) in [5, 5.41) is 9.33. The van der Waals surface area contributed by atoms with Gasteiger partial charge in [-0.05, 0) is 16.9 Å². The Bertz CT molecular complexity index is 141. The van der Waals surface area contributed by atoms with Crippen molar-refractivity contribution >= 4 is 24.0 Å². The van der Waals surface area contributed by atoms with Crippen molar-refractivity contribution in [2.24, 2.45) is 5.92 Å². The van der Waals surface area contributed by atoms with Gasteiger partial charge in [0.15, 0.2) is 0 Å². The fourth-order valence-electron chi connectivity index (χ4n) is 0.521. The first-order valence-electron chi connectivity index (χ1n) is 3.91. The summed E-state index contributed by atoms with van der Waals surface area (Å²) in [4.78, 5) is 0. The zero-order valence-electron chi connectivity index (χ0n) is 7.36. The smallest absolute Gasteiger partial charge is 0.348 e. The molecule has 0 bridgehead atoms. The molecule has 0 aromatic heterocycles.